The van der Waals surface area contributed by atoms with Crippen LogP contribution in [0, 0.1) is 0 Å². The first-order valence-corrected chi connectivity index (χ1v) is 18.0. The van der Waals surface area contributed by atoms with Crippen molar-refractivity contribution < 1.29 is 9.53 Å². The molecule has 0 saturated carbocycles. The molecule has 3 heteroatoms. The van der Waals surface area contributed by atoms with E-state index >= 15 is 0 Å². The fraction of sp³-hybridized carbons (Fsp3) is 0.625. The molecular formula is C40H61NO2. The molecule has 1 amide bonds. The summed E-state index contributed by atoms with van der Waals surface area (Å²) in [6.45, 7) is 9.40. The summed E-state index contributed by atoms with van der Waals surface area (Å²) in [6.07, 6.45) is 21.8. The molecule has 0 N–H and O–H groups in total. The SMILES string of the molecule is CCCCCCCCC(CCC)N(C(=O)OCc1c2ccccc2cc2ccccc12)C(CCC)CCCCCCCC. The van der Waals surface area contributed by atoms with Crippen molar-refractivity contribution in [3.05, 3.63) is 60.2 Å². The summed E-state index contributed by atoms with van der Waals surface area (Å²) in [6, 6.07) is 19.8. The summed E-state index contributed by atoms with van der Waals surface area (Å²) in [7, 11) is 0. The van der Waals surface area contributed by atoms with Crippen LogP contribution >= 0.6 is 0 Å². The monoisotopic (exact) mass is 587 g/mol. The minimum atomic E-state index is -0.106. The fourth-order valence-corrected chi connectivity index (χ4v) is 6.90. The van der Waals surface area contributed by atoms with Crippen molar-refractivity contribution >= 4 is 27.6 Å². The highest BCUT2D eigenvalue weighted by Gasteiger charge is 2.31. The molecule has 3 rings (SSSR count). The second kappa shape index (κ2) is 20.4. The highest BCUT2D eigenvalue weighted by atomic mass is 16.6. The number of nitrogens with zero attached hydrogens (tertiary/aromatic N) is 1. The number of benzene rings is 3. The normalized spacial score (nSPS) is 12.9. The lowest BCUT2D eigenvalue weighted by atomic mass is 9.95. The summed E-state index contributed by atoms with van der Waals surface area (Å²) in [4.78, 5) is 16.5. The molecule has 0 spiro atoms. The smallest absolute Gasteiger partial charge is 0.410 e. The van der Waals surface area contributed by atoms with Crippen molar-refractivity contribution in [2.45, 2.75) is 162 Å². The molecule has 0 aromatic heterocycles. The second-order valence-electron chi connectivity index (χ2n) is 12.8. The van der Waals surface area contributed by atoms with Crippen molar-refractivity contribution in [3.8, 4) is 0 Å². The van der Waals surface area contributed by atoms with E-state index in [0.29, 0.717) is 6.61 Å². The van der Waals surface area contributed by atoms with Crippen molar-refractivity contribution in [1.82, 2.24) is 4.90 Å². The molecule has 2 atom stereocenters. The average Bonchev–Trinajstić information content (AvgIpc) is 3.02. The lowest BCUT2D eigenvalue weighted by molar-refractivity contribution is 0.0504. The molecular weight excluding hydrogens is 526 g/mol. The van der Waals surface area contributed by atoms with Crippen LogP contribution in [0.15, 0.2) is 54.6 Å². The molecule has 0 radical (unpaired) electrons. The Morgan fingerprint density at radius 1 is 0.581 bits per heavy atom. The molecule has 3 aromatic rings. The van der Waals surface area contributed by atoms with Crippen molar-refractivity contribution in [1.29, 1.82) is 0 Å². The number of ether oxygens (including phenoxy) is 1. The molecule has 0 saturated heterocycles. The zero-order valence-corrected chi connectivity index (χ0v) is 28.0. The minimum absolute atomic E-state index is 0.106. The number of rotatable bonds is 22. The van der Waals surface area contributed by atoms with Crippen LogP contribution < -0.4 is 0 Å². The molecule has 238 valence electrons. The Balaban J connectivity index is 1.83. The third-order valence-electron chi connectivity index (χ3n) is 9.25. The lowest BCUT2D eigenvalue weighted by Gasteiger charge is -2.38. The van der Waals surface area contributed by atoms with E-state index in [1.807, 2.05) is 0 Å². The van der Waals surface area contributed by atoms with Gasteiger partial charge in [-0.1, -0.05) is 166 Å². The molecule has 43 heavy (non-hydrogen) atoms. The number of unbranched alkanes of at least 4 members (excludes halogenated alkanes) is 10. The summed E-state index contributed by atoms with van der Waals surface area (Å²) < 4.78 is 6.37. The number of carbonyl (C=O) groups excluding carboxylic acids is 1. The van der Waals surface area contributed by atoms with Gasteiger partial charge >= 0.3 is 6.09 Å². The highest BCUT2D eigenvalue weighted by molar-refractivity contribution is 6.02. The zero-order valence-electron chi connectivity index (χ0n) is 28.0. The molecule has 0 fully saturated rings. The lowest BCUT2D eigenvalue weighted by Crippen LogP contribution is -2.47. The zero-order chi connectivity index (χ0) is 30.7. The summed E-state index contributed by atoms with van der Waals surface area (Å²) in [5, 5.41) is 4.75. The van der Waals surface area contributed by atoms with Crippen LogP contribution in [0.5, 0.6) is 0 Å². The van der Waals surface area contributed by atoms with E-state index in [4.69, 9.17) is 4.74 Å². The molecule has 3 aromatic carbocycles. The molecule has 0 aliphatic rings. The Morgan fingerprint density at radius 3 is 1.49 bits per heavy atom. The van der Waals surface area contributed by atoms with Gasteiger partial charge in [-0.3, -0.25) is 0 Å². The predicted molar refractivity (Wildman–Crippen MR) is 187 cm³/mol. The maximum absolute atomic E-state index is 14.3. The highest BCUT2D eigenvalue weighted by Crippen LogP contribution is 2.31. The summed E-state index contributed by atoms with van der Waals surface area (Å²) in [5.41, 5.74) is 1.12. The first-order valence-electron chi connectivity index (χ1n) is 18.0. The van der Waals surface area contributed by atoms with E-state index in [0.717, 1.165) is 44.1 Å². The van der Waals surface area contributed by atoms with Gasteiger partial charge < -0.3 is 9.64 Å². The quantitative estimate of drug-likeness (QED) is 0.0864. The van der Waals surface area contributed by atoms with E-state index in [2.05, 4.69) is 87.2 Å². The van der Waals surface area contributed by atoms with E-state index < -0.39 is 0 Å². The average molecular weight is 588 g/mol. The van der Waals surface area contributed by atoms with Crippen LogP contribution in [-0.2, 0) is 11.3 Å². The summed E-state index contributed by atoms with van der Waals surface area (Å²) in [5.74, 6) is 0. The molecule has 2 unspecified atom stereocenters. The third kappa shape index (κ3) is 11.1. The Bertz CT molecular complexity index is 1110. The van der Waals surface area contributed by atoms with Gasteiger partial charge in [-0.15, -0.1) is 0 Å². The molecule has 0 aliphatic heterocycles. The Kier molecular flexibility index (Phi) is 16.6. The van der Waals surface area contributed by atoms with Crippen LogP contribution in [0.3, 0.4) is 0 Å². The van der Waals surface area contributed by atoms with Crippen LogP contribution in [0.25, 0.3) is 21.5 Å². The molecule has 0 heterocycles. The maximum atomic E-state index is 14.3. The Morgan fingerprint density at radius 2 is 1.02 bits per heavy atom. The standard InChI is InChI=1S/C40H61NO2/c1-5-9-11-13-15-17-27-35(23-7-3)41(36(24-8-4)28-18-16-14-12-10-6-2)40(42)43-32-39-37-29-21-19-25-33(37)31-34-26-20-22-30-38(34)39/h19-22,25-26,29-31,35-36H,5-18,23-24,27-28,32H2,1-4H3. The first-order chi connectivity index (χ1) is 21.1. The molecule has 0 aliphatic carbocycles. The van der Waals surface area contributed by atoms with Crippen molar-refractivity contribution in [2.75, 3.05) is 0 Å². The van der Waals surface area contributed by atoms with Crippen molar-refractivity contribution in [2.24, 2.45) is 0 Å². The number of hydrogen-bond acceptors (Lipinski definition) is 2. The predicted octanol–water partition coefficient (Wildman–Crippen LogP) is 12.8. The molecule has 3 nitrogen and oxygen atoms in total. The number of amides is 1. The van der Waals surface area contributed by atoms with E-state index in [-0.39, 0.29) is 18.2 Å². The minimum Gasteiger partial charge on any atom is -0.444 e. The Hall–Kier alpha value is -2.55. The second-order valence-corrected chi connectivity index (χ2v) is 12.8. The van der Waals surface area contributed by atoms with Gasteiger partial charge in [0.2, 0.25) is 0 Å². The fourth-order valence-electron chi connectivity index (χ4n) is 6.90. The van der Waals surface area contributed by atoms with Gasteiger partial charge in [-0.25, -0.2) is 4.79 Å². The van der Waals surface area contributed by atoms with Crippen LogP contribution in [-0.4, -0.2) is 23.1 Å². The van der Waals surface area contributed by atoms with Gasteiger partial charge in [0, 0.05) is 17.6 Å². The van der Waals surface area contributed by atoms with Gasteiger partial charge in [-0.2, -0.15) is 0 Å². The van der Waals surface area contributed by atoms with Crippen LogP contribution in [0.4, 0.5) is 4.79 Å². The van der Waals surface area contributed by atoms with E-state index in [1.54, 1.807) is 0 Å². The van der Waals surface area contributed by atoms with Gasteiger partial charge in [0.25, 0.3) is 0 Å². The third-order valence-corrected chi connectivity index (χ3v) is 9.25. The van der Waals surface area contributed by atoms with E-state index in [1.165, 1.54) is 98.6 Å². The van der Waals surface area contributed by atoms with Crippen LogP contribution in [0.2, 0.25) is 0 Å². The topological polar surface area (TPSA) is 29.5 Å². The first kappa shape index (κ1) is 34.9. The number of carbonyl (C=O) groups is 1. The summed E-state index contributed by atoms with van der Waals surface area (Å²) >= 11 is 0. The van der Waals surface area contributed by atoms with Gasteiger partial charge in [0.05, 0.1) is 0 Å². The Labute approximate surface area is 263 Å². The number of hydrogen-bond donors (Lipinski definition) is 0. The largest absolute Gasteiger partial charge is 0.444 e. The van der Waals surface area contributed by atoms with Gasteiger partial charge in [0.15, 0.2) is 0 Å². The van der Waals surface area contributed by atoms with Crippen molar-refractivity contribution in [3.63, 3.8) is 0 Å². The maximum Gasteiger partial charge on any atom is 0.410 e. The van der Waals surface area contributed by atoms with Gasteiger partial charge in [0.1, 0.15) is 6.61 Å². The van der Waals surface area contributed by atoms with E-state index in [9.17, 15) is 4.79 Å². The number of fused-ring (bicyclic) bond motifs is 2. The van der Waals surface area contributed by atoms with Crippen LogP contribution in [0.1, 0.15) is 149 Å². The van der Waals surface area contributed by atoms with Gasteiger partial charge in [-0.05, 0) is 53.3 Å². The molecule has 0 bridgehead atoms.